The number of hydrogen-bond donors (Lipinski definition) is 1. The highest BCUT2D eigenvalue weighted by Gasteiger charge is 2.14. The maximum Gasteiger partial charge on any atom is 0.161 e. The molecule has 21 heavy (non-hydrogen) atoms. The van der Waals surface area contributed by atoms with E-state index in [4.69, 9.17) is 16.6 Å². The summed E-state index contributed by atoms with van der Waals surface area (Å²) in [4.78, 5) is 9.36. The number of aryl methyl sites for hydroxylation is 1. The van der Waals surface area contributed by atoms with Gasteiger partial charge in [0.1, 0.15) is 5.82 Å². The smallest absolute Gasteiger partial charge is 0.161 e. The van der Waals surface area contributed by atoms with Crippen LogP contribution in [-0.4, -0.2) is 17.0 Å². The van der Waals surface area contributed by atoms with Gasteiger partial charge in [0.15, 0.2) is 5.82 Å². The molecule has 0 unspecified atom stereocenters. The molecule has 0 aliphatic carbocycles. The van der Waals surface area contributed by atoms with E-state index in [1.54, 1.807) is 0 Å². The van der Waals surface area contributed by atoms with Crippen LogP contribution in [0.1, 0.15) is 25.1 Å². The molecule has 0 saturated carbocycles. The lowest BCUT2D eigenvalue weighted by Crippen LogP contribution is -2.07. The summed E-state index contributed by atoms with van der Waals surface area (Å²) in [6, 6.07) is 5.94. The second kappa shape index (κ2) is 6.92. The van der Waals surface area contributed by atoms with E-state index in [9.17, 15) is 0 Å². The maximum absolute atomic E-state index is 6.22. The fourth-order valence-corrected chi connectivity index (χ4v) is 2.95. The molecular formula is C16H19ClIN3. The molecule has 0 spiro atoms. The number of nitrogens with zero attached hydrogens (tertiary/aromatic N) is 2. The summed E-state index contributed by atoms with van der Waals surface area (Å²) in [5, 5.41) is 3.90. The molecule has 0 atom stereocenters. The van der Waals surface area contributed by atoms with Crippen molar-refractivity contribution < 1.29 is 0 Å². The minimum atomic E-state index is 0.549. The van der Waals surface area contributed by atoms with Crippen LogP contribution in [0.5, 0.6) is 0 Å². The Bertz CT molecular complexity index is 656. The van der Waals surface area contributed by atoms with Crippen molar-refractivity contribution >= 4 is 40.0 Å². The van der Waals surface area contributed by atoms with Crippen molar-refractivity contribution in [1.82, 2.24) is 9.97 Å². The third-order valence-corrected chi connectivity index (χ3v) is 4.73. The summed E-state index contributed by atoms with van der Waals surface area (Å²) < 4.78 is 1.09. The molecule has 1 aromatic heterocycles. The monoisotopic (exact) mass is 415 g/mol. The first-order chi connectivity index (χ1) is 9.92. The van der Waals surface area contributed by atoms with Crippen molar-refractivity contribution in [3.05, 3.63) is 38.0 Å². The highest BCUT2D eigenvalue weighted by Crippen LogP contribution is 2.27. The van der Waals surface area contributed by atoms with Gasteiger partial charge in [0.05, 0.1) is 9.26 Å². The lowest BCUT2D eigenvalue weighted by molar-refractivity contribution is 0.632. The molecule has 0 aliphatic heterocycles. The molecule has 1 heterocycles. The van der Waals surface area contributed by atoms with E-state index in [0.717, 1.165) is 43.5 Å². The van der Waals surface area contributed by atoms with E-state index < -0.39 is 0 Å². The van der Waals surface area contributed by atoms with Crippen LogP contribution in [0.4, 0.5) is 5.82 Å². The van der Waals surface area contributed by atoms with Gasteiger partial charge in [-0.05, 0) is 53.5 Å². The molecule has 2 aromatic rings. The first-order valence-electron chi connectivity index (χ1n) is 6.93. The van der Waals surface area contributed by atoms with Gasteiger partial charge in [-0.1, -0.05) is 37.6 Å². The summed E-state index contributed by atoms with van der Waals surface area (Å²) in [5.74, 6) is 2.14. The minimum absolute atomic E-state index is 0.549. The number of rotatable bonds is 4. The SMILES string of the molecule is CNc1nc(-c2ccc(C)c(Cl)c2)nc(CC(C)C)c1I. The number of hydrogen-bond acceptors (Lipinski definition) is 3. The van der Waals surface area contributed by atoms with Crippen LogP contribution in [0.2, 0.25) is 5.02 Å². The van der Waals surface area contributed by atoms with Gasteiger partial charge in [0.25, 0.3) is 0 Å². The van der Waals surface area contributed by atoms with Crippen LogP contribution < -0.4 is 5.32 Å². The van der Waals surface area contributed by atoms with Gasteiger partial charge in [-0.15, -0.1) is 0 Å². The second-order valence-electron chi connectivity index (χ2n) is 5.47. The first-order valence-corrected chi connectivity index (χ1v) is 8.38. The zero-order valence-corrected chi connectivity index (χ0v) is 15.6. The summed E-state index contributed by atoms with van der Waals surface area (Å²) in [6.45, 7) is 6.38. The molecule has 112 valence electrons. The lowest BCUT2D eigenvalue weighted by Gasteiger charge is -2.13. The molecular weight excluding hydrogens is 397 g/mol. The second-order valence-corrected chi connectivity index (χ2v) is 6.95. The Kier molecular flexibility index (Phi) is 5.43. The number of aromatic nitrogens is 2. The molecule has 0 bridgehead atoms. The Morgan fingerprint density at radius 1 is 1.29 bits per heavy atom. The van der Waals surface area contributed by atoms with E-state index in [2.05, 4.69) is 46.7 Å². The Labute approximate surface area is 144 Å². The van der Waals surface area contributed by atoms with Crippen LogP contribution in [0.3, 0.4) is 0 Å². The van der Waals surface area contributed by atoms with Crippen LogP contribution in [0.25, 0.3) is 11.4 Å². The molecule has 1 N–H and O–H groups in total. The Balaban J connectivity index is 2.54. The molecule has 3 nitrogen and oxygen atoms in total. The van der Waals surface area contributed by atoms with E-state index in [1.165, 1.54) is 0 Å². The Morgan fingerprint density at radius 2 is 2.00 bits per heavy atom. The average molecular weight is 416 g/mol. The van der Waals surface area contributed by atoms with Gasteiger partial charge in [-0.3, -0.25) is 0 Å². The summed E-state index contributed by atoms with van der Waals surface area (Å²) in [7, 11) is 1.88. The topological polar surface area (TPSA) is 37.8 Å². The number of anilines is 1. The highest BCUT2D eigenvalue weighted by molar-refractivity contribution is 14.1. The number of nitrogens with one attached hydrogen (secondary N) is 1. The third kappa shape index (κ3) is 3.86. The molecule has 5 heteroatoms. The van der Waals surface area contributed by atoms with Gasteiger partial charge in [-0.2, -0.15) is 0 Å². The van der Waals surface area contributed by atoms with Crippen LogP contribution in [-0.2, 0) is 6.42 Å². The predicted molar refractivity (Wildman–Crippen MR) is 98.0 cm³/mol. The predicted octanol–water partition coefficient (Wildman–Crippen LogP) is 4.95. The quantitative estimate of drug-likeness (QED) is 0.718. The molecule has 2 rings (SSSR count). The van der Waals surface area contributed by atoms with E-state index in [0.29, 0.717) is 5.92 Å². The average Bonchev–Trinajstić information content (AvgIpc) is 2.43. The maximum atomic E-state index is 6.22. The lowest BCUT2D eigenvalue weighted by atomic mass is 10.1. The summed E-state index contributed by atoms with van der Waals surface area (Å²) in [5.41, 5.74) is 3.09. The van der Waals surface area contributed by atoms with Gasteiger partial charge in [0.2, 0.25) is 0 Å². The Hall–Kier alpha value is -0.880. The highest BCUT2D eigenvalue weighted by atomic mass is 127. The number of benzene rings is 1. The van der Waals surface area contributed by atoms with Gasteiger partial charge in [-0.25, -0.2) is 9.97 Å². The van der Waals surface area contributed by atoms with E-state index >= 15 is 0 Å². The van der Waals surface area contributed by atoms with Crippen LogP contribution in [0, 0.1) is 16.4 Å². The van der Waals surface area contributed by atoms with Gasteiger partial charge >= 0.3 is 0 Å². The Morgan fingerprint density at radius 3 is 2.57 bits per heavy atom. The molecule has 0 saturated heterocycles. The molecule has 0 radical (unpaired) electrons. The summed E-state index contributed by atoms with van der Waals surface area (Å²) >= 11 is 8.53. The molecule has 0 aliphatic rings. The van der Waals surface area contributed by atoms with Crippen molar-refractivity contribution in [2.24, 2.45) is 5.92 Å². The summed E-state index contributed by atoms with van der Waals surface area (Å²) in [6.07, 6.45) is 0.933. The first kappa shape index (κ1) is 16.5. The van der Waals surface area contributed by atoms with E-state index in [1.807, 2.05) is 32.2 Å². The van der Waals surface area contributed by atoms with E-state index in [-0.39, 0.29) is 0 Å². The normalized spacial score (nSPS) is 11.0. The van der Waals surface area contributed by atoms with Crippen molar-refractivity contribution in [3.8, 4) is 11.4 Å². The molecule has 1 aromatic carbocycles. The minimum Gasteiger partial charge on any atom is -0.372 e. The fourth-order valence-electron chi connectivity index (χ4n) is 2.04. The van der Waals surface area contributed by atoms with Gasteiger partial charge < -0.3 is 5.32 Å². The largest absolute Gasteiger partial charge is 0.372 e. The van der Waals surface area contributed by atoms with Gasteiger partial charge in [0, 0.05) is 17.6 Å². The van der Waals surface area contributed by atoms with Crippen LogP contribution >= 0.6 is 34.2 Å². The fraction of sp³-hybridized carbons (Fsp3) is 0.375. The van der Waals surface area contributed by atoms with Crippen molar-refractivity contribution in [1.29, 1.82) is 0 Å². The third-order valence-electron chi connectivity index (χ3n) is 3.19. The zero-order chi connectivity index (χ0) is 15.6. The number of halogens is 2. The molecule has 0 fully saturated rings. The molecule has 0 amide bonds. The van der Waals surface area contributed by atoms with Crippen molar-refractivity contribution in [3.63, 3.8) is 0 Å². The van der Waals surface area contributed by atoms with Crippen molar-refractivity contribution in [2.75, 3.05) is 12.4 Å². The van der Waals surface area contributed by atoms with Crippen molar-refractivity contribution in [2.45, 2.75) is 27.2 Å². The standard InChI is InChI=1S/C16H19ClIN3/c1-9(2)7-13-14(18)16(19-4)21-15(20-13)11-6-5-10(3)12(17)8-11/h5-6,8-9H,7H2,1-4H3,(H,19,20,21). The zero-order valence-electron chi connectivity index (χ0n) is 12.7. The van der Waals surface area contributed by atoms with Crippen LogP contribution in [0.15, 0.2) is 18.2 Å².